The molecule has 28 heavy (non-hydrogen) atoms. The average Bonchev–Trinajstić information content (AvgIpc) is 2.60. The second-order valence-corrected chi connectivity index (χ2v) is 8.20. The van der Waals surface area contributed by atoms with Gasteiger partial charge in [-0.1, -0.05) is 35.9 Å². The number of benzene rings is 2. The average molecular weight is 402 g/mol. The summed E-state index contributed by atoms with van der Waals surface area (Å²) in [6.07, 6.45) is 1.89. The van der Waals surface area contributed by atoms with Crippen molar-refractivity contribution in [3.63, 3.8) is 0 Å². The van der Waals surface area contributed by atoms with Crippen LogP contribution in [0.25, 0.3) is 0 Å². The van der Waals surface area contributed by atoms with Crippen LogP contribution < -0.4 is 0 Å². The Morgan fingerprint density at radius 2 is 1.61 bits per heavy atom. The fourth-order valence-electron chi connectivity index (χ4n) is 2.49. The lowest BCUT2D eigenvalue weighted by Gasteiger charge is -2.28. The zero-order valence-corrected chi connectivity index (χ0v) is 17.2. The Balaban J connectivity index is 2.32. The van der Waals surface area contributed by atoms with Gasteiger partial charge in [0.25, 0.3) is 0 Å². The molecular formula is C22H24ClNO4. The molecule has 0 aromatic heterocycles. The van der Waals surface area contributed by atoms with E-state index < -0.39 is 23.1 Å². The molecule has 6 heteroatoms. The molecule has 148 valence electrons. The van der Waals surface area contributed by atoms with Gasteiger partial charge < -0.3 is 9.84 Å². The number of carbonyl (C=O) groups excluding carboxylic acids is 1. The number of ether oxygens (including phenoxy) is 1. The summed E-state index contributed by atoms with van der Waals surface area (Å²) in [4.78, 5) is 28.5. The van der Waals surface area contributed by atoms with Gasteiger partial charge in [0.1, 0.15) is 5.60 Å². The fraction of sp³-hybridized carbons (Fsp3) is 0.318. The highest BCUT2D eigenvalue weighted by molar-refractivity contribution is 6.30. The van der Waals surface area contributed by atoms with Crippen molar-refractivity contribution in [2.24, 2.45) is 4.99 Å². The van der Waals surface area contributed by atoms with Gasteiger partial charge in [0, 0.05) is 17.7 Å². The number of nitrogens with zero attached hydrogens (tertiary/aromatic N) is 1. The fourth-order valence-corrected chi connectivity index (χ4v) is 2.61. The lowest BCUT2D eigenvalue weighted by atomic mass is 9.92. The van der Waals surface area contributed by atoms with Gasteiger partial charge in [-0.3, -0.25) is 4.99 Å². The number of halogens is 1. The topological polar surface area (TPSA) is 76.0 Å². The number of aromatic carboxylic acids is 1. The van der Waals surface area contributed by atoms with Crippen LogP contribution in [0.1, 0.15) is 49.2 Å². The molecule has 5 nitrogen and oxygen atoms in total. The van der Waals surface area contributed by atoms with E-state index in [4.69, 9.17) is 21.4 Å². The summed E-state index contributed by atoms with van der Waals surface area (Å²) in [5.74, 6) is -1.45. The van der Waals surface area contributed by atoms with Crippen molar-refractivity contribution in [1.29, 1.82) is 0 Å². The maximum absolute atomic E-state index is 12.9. The Morgan fingerprint density at radius 1 is 1.04 bits per heavy atom. The minimum atomic E-state index is -1.17. The molecule has 0 unspecified atom stereocenters. The van der Waals surface area contributed by atoms with E-state index in [9.17, 15) is 9.59 Å². The monoisotopic (exact) mass is 401 g/mol. The molecule has 0 saturated carbocycles. The molecular weight excluding hydrogens is 378 g/mol. The molecule has 0 fully saturated rings. The Kier molecular flexibility index (Phi) is 6.62. The van der Waals surface area contributed by atoms with E-state index in [1.165, 1.54) is 12.1 Å². The first-order chi connectivity index (χ1) is 13.0. The third-order valence-corrected chi connectivity index (χ3v) is 4.21. The van der Waals surface area contributed by atoms with Gasteiger partial charge in [-0.25, -0.2) is 9.59 Å². The molecule has 0 amide bonds. The maximum Gasteiger partial charge on any atom is 0.335 e. The van der Waals surface area contributed by atoms with Crippen LogP contribution in [0.5, 0.6) is 0 Å². The molecule has 0 spiro atoms. The highest BCUT2D eigenvalue weighted by atomic mass is 35.5. The van der Waals surface area contributed by atoms with Crippen molar-refractivity contribution >= 4 is 29.8 Å². The Hall–Kier alpha value is -2.66. The van der Waals surface area contributed by atoms with Crippen molar-refractivity contribution < 1.29 is 19.4 Å². The predicted molar refractivity (Wildman–Crippen MR) is 110 cm³/mol. The zero-order chi connectivity index (χ0) is 20.9. The van der Waals surface area contributed by atoms with Crippen LogP contribution in [0.15, 0.2) is 53.5 Å². The molecule has 2 aromatic carbocycles. The van der Waals surface area contributed by atoms with Gasteiger partial charge >= 0.3 is 11.9 Å². The van der Waals surface area contributed by atoms with E-state index in [1.54, 1.807) is 58.2 Å². The second kappa shape index (κ2) is 8.57. The molecule has 1 atom stereocenters. The van der Waals surface area contributed by atoms with Gasteiger partial charge in [0.15, 0.2) is 5.54 Å². The summed E-state index contributed by atoms with van der Waals surface area (Å²) in [5.41, 5.74) is -0.0432. The highest BCUT2D eigenvalue weighted by Crippen LogP contribution is 2.23. The third-order valence-electron chi connectivity index (χ3n) is 3.96. The summed E-state index contributed by atoms with van der Waals surface area (Å²) in [6, 6.07) is 13.5. The number of hydrogen-bond acceptors (Lipinski definition) is 4. The Bertz CT molecular complexity index is 867. The van der Waals surface area contributed by atoms with E-state index in [0.29, 0.717) is 5.02 Å². The number of carboxylic acids is 1. The van der Waals surface area contributed by atoms with E-state index in [0.717, 1.165) is 11.1 Å². The third kappa shape index (κ3) is 6.20. The number of carboxylic acid groups (broad SMARTS) is 1. The van der Waals surface area contributed by atoms with E-state index in [2.05, 4.69) is 4.99 Å². The second-order valence-electron chi connectivity index (χ2n) is 7.76. The van der Waals surface area contributed by atoms with Crippen LogP contribution >= 0.6 is 11.6 Å². The van der Waals surface area contributed by atoms with E-state index in [-0.39, 0.29) is 12.0 Å². The SMILES string of the molecule is CC(C)(C)OC(=O)[C@](C)(Cc1ccc(C(=O)O)cc1)N=Cc1ccc(Cl)cc1. The number of carbonyl (C=O) groups is 2. The van der Waals surface area contributed by atoms with Gasteiger partial charge in [-0.2, -0.15) is 0 Å². The molecule has 2 aromatic rings. The summed E-state index contributed by atoms with van der Waals surface area (Å²) in [5, 5.41) is 9.66. The van der Waals surface area contributed by atoms with Gasteiger partial charge in [-0.05, 0) is 63.1 Å². The van der Waals surface area contributed by atoms with Crippen molar-refractivity contribution in [2.75, 3.05) is 0 Å². The number of aliphatic imine (C=N–C) groups is 1. The van der Waals surface area contributed by atoms with Crippen LogP contribution in [-0.2, 0) is 16.0 Å². The molecule has 0 heterocycles. The van der Waals surface area contributed by atoms with E-state index >= 15 is 0 Å². The van der Waals surface area contributed by atoms with Crippen LogP contribution in [0, 0.1) is 0 Å². The van der Waals surface area contributed by atoms with Crippen LogP contribution in [0.3, 0.4) is 0 Å². The molecule has 0 aliphatic heterocycles. The smallest absolute Gasteiger partial charge is 0.335 e. The molecule has 0 aliphatic rings. The minimum Gasteiger partial charge on any atom is -0.478 e. The Labute approximate surface area is 170 Å². The van der Waals surface area contributed by atoms with Crippen molar-refractivity contribution in [2.45, 2.75) is 45.3 Å². The summed E-state index contributed by atoms with van der Waals surface area (Å²) in [7, 11) is 0. The normalized spacial score (nSPS) is 13.9. The minimum absolute atomic E-state index is 0.187. The lowest BCUT2D eigenvalue weighted by molar-refractivity contribution is -0.160. The van der Waals surface area contributed by atoms with Crippen molar-refractivity contribution in [1.82, 2.24) is 0 Å². The van der Waals surface area contributed by atoms with E-state index in [1.807, 2.05) is 12.1 Å². The lowest BCUT2D eigenvalue weighted by Crippen LogP contribution is -2.41. The summed E-state index contributed by atoms with van der Waals surface area (Å²) in [6.45, 7) is 7.11. The highest BCUT2D eigenvalue weighted by Gasteiger charge is 2.36. The van der Waals surface area contributed by atoms with Gasteiger partial charge in [0.05, 0.1) is 5.56 Å². The van der Waals surface area contributed by atoms with Crippen LogP contribution in [-0.4, -0.2) is 34.4 Å². The zero-order valence-electron chi connectivity index (χ0n) is 16.4. The van der Waals surface area contributed by atoms with Gasteiger partial charge in [-0.15, -0.1) is 0 Å². The molecule has 0 radical (unpaired) electrons. The first-order valence-electron chi connectivity index (χ1n) is 8.85. The first kappa shape index (κ1) is 21.6. The number of rotatable bonds is 6. The van der Waals surface area contributed by atoms with Gasteiger partial charge in [0.2, 0.25) is 0 Å². The predicted octanol–water partition coefficient (Wildman–Crippen LogP) is 4.80. The molecule has 1 N–H and O–H groups in total. The van der Waals surface area contributed by atoms with Crippen molar-refractivity contribution in [3.05, 3.63) is 70.2 Å². The molecule has 0 aliphatic carbocycles. The summed E-state index contributed by atoms with van der Waals surface area (Å²) < 4.78 is 5.58. The Morgan fingerprint density at radius 3 is 2.11 bits per heavy atom. The quantitative estimate of drug-likeness (QED) is 0.557. The molecule has 0 saturated heterocycles. The largest absolute Gasteiger partial charge is 0.478 e. The summed E-state index contributed by atoms with van der Waals surface area (Å²) >= 11 is 5.91. The first-order valence-corrected chi connectivity index (χ1v) is 9.23. The van der Waals surface area contributed by atoms with Crippen LogP contribution in [0.4, 0.5) is 0 Å². The number of hydrogen-bond donors (Lipinski definition) is 1. The standard InChI is InChI=1S/C22H24ClNO4/c1-21(2,3)28-20(27)22(4,24-14-16-7-11-18(23)12-8-16)13-15-5-9-17(10-6-15)19(25)26/h5-12,14H,13H2,1-4H3,(H,25,26)/t22-/m0/s1. The molecule has 2 rings (SSSR count). The maximum atomic E-state index is 12.9. The molecule has 0 bridgehead atoms. The number of esters is 1. The van der Waals surface area contributed by atoms with Crippen molar-refractivity contribution in [3.8, 4) is 0 Å². The van der Waals surface area contributed by atoms with Crippen LogP contribution in [0.2, 0.25) is 5.02 Å².